The van der Waals surface area contributed by atoms with Crippen LogP contribution in [0.2, 0.25) is 0 Å². The molecule has 1 N–H and O–H groups in total. The van der Waals surface area contributed by atoms with Crippen molar-refractivity contribution in [1.82, 2.24) is 5.32 Å². The van der Waals surface area contributed by atoms with E-state index in [0.717, 1.165) is 84.6 Å². The minimum Gasteiger partial charge on any atom is -0.317 e. The van der Waals surface area contributed by atoms with Gasteiger partial charge in [-0.25, -0.2) is 13.8 Å². The van der Waals surface area contributed by atoms with Crippen LogP contribution >= 0.6 is 0 Å². The van der Waals surface area contributed by atoms with Gasteiger partial charge in [0.2, 0.25) is 6.43 Å². The van der Waals surface area contributed by atoms with E-state index in [4.69, 9.17) is 0 Å². The Morgan fingerprint density at radius 2 is 1.89 bits per heavy atom. The van der Waals surface area contributed by atoms with Crippen LogP contribution in [-0.4, -0.2) is 38.1 Å². The maximum atomic E-state index is 14.0. The molecule has 0 bridgehead atoms. The van der Waals surface area contributed by atoms with E-state index < -0.39 is 6.43 Å². The number of amidine groups is 1. The van der Waals surface area contributed by atoms with Crippen LogP contribution in [0.4, 0.5) is 8.78 Å². The van der Waals surface area contributed by atoms with Crippen molar-refractivity contribution >= 4 is 17.1 Å². The van der Waals surface area contributed by atoms with Crippen LogP contribution < -0.4 is 5.32 Å². The summed E-state index contributed by atoms with van der Waals surface area (Å²) in [5, 5.41) is 3.42. The molecule has 35 heavy (non-hydrogen) atoms. The normalized spacial score (nSPS) is 17.5. The smallest absolute Gasteiger partial charge is 0.242 e. The molecule has 0 radical (unpaired) electrons. The molecular weight excluding hydrogens is 440 g/mol. The van der Waals surface area contributed by atoms with E-state index in [1.807, 2.05) is 39.0 Å². The Labute approximate surface area is 211 Å². The van der Waals surface area contributed by atoms with Crippen LogP contribution in [0.25, 0.3) is 5.57 Å². The summed E-state index contributed by atoms with van der Waals surface area (Å²) in [5.41, 5.74) is 6.97. The van der Waals surface area contributed by atoms with Gasteiger partial charge in [-0.2, -0.15) is 0 Å². The van der Waals surface area contributed by atoms with E-state index in [9.17, 15) is 8.78 Å². The molecule has 1 saturated heterocycles. The highest BCUT2D eigenvalue weighted by atomic mass is 19.3. The Morgan fingerprint density at radius 1 is 1.17 bits per heavy atom. The average molecular weight is 484 g/mol. The molecule has 0 saturated carbocycles. The Balaban J connectivity index is 2.63. The number of aliphatic imine (C=N–C) groups is 2. The molecule has 0 atom stereocenters. The minimum atomic E-state index is -2.41. The third-order valence-corrected chi connectivity index (χ3v) is 6.73. The number of halogens is 2. The van der Waals surface area contributed by atoms with E-state index in [-0.39, 0.29) is 6.42 Å². The second-order valence-electron chi connectivity index (χ2n) is 9.21. The van der Waals surface area contributed by atoms with E-state index in [1.165, 1.54) is 5.56 Å². The molecule has 0 aliphatic carbocycles. The fourth-order valence-electron chi connectivity index (χ4n) is 4.69. The number of aryl methyl sites for hydroxylation is 1. The maximum Gasteiger partial charge on any atom is 0.242 e. The summed E-state index contributed by atoms with van der Waals surface area (Å²) in [4.78, 5) is 8.69. The lowest BCUT2D eigenvalue weighted by Crippen LogP contribution is -2.26. The van der Waals surface area contributed by atoms with Gasteiger partial charge in [0.15, 0.2) is 0 Å². The fourth-order valence-corrected chi connectivity index (χ4v) is 4.69. The highest BCUT2D eigenvalue weighted by molar-refractivity contribution is 6.03. The molecule has 1 aromatic carbocycles. The van der Waals surface area contributed by atoms with Crippen LogP contribution in [0.1, 0.15) is 88.8 Å². The third-order valence-electron chi connectivity index (χ3n) is 6.73. The fraction of sp³-hybridized carbons (Fsp3) is 0.533. The first-order valence-corrected chi connectivity index (χ1v) is 13.0. The van der Waals surface area contributed by atoms with Gasteiger partial charge in [-0.3, -0.25) is 4.99 Å². The molecule has 0 aromatic heterocycles. The summed E-state index contributed by atoms with van der Waals surface area (Å²) in [5.74, 6) is 1.20. The van der Waals surface area contributed by atoms with Crippen molar-refractivity contribution in [1.29, 1.82) is 0 Å². The molecule has 0 unspecified atom stereocenters. The first-order valence-electron chi connectivity index (χ1n) is 13.0. The van der Waals surface area contributed by atoms with Crippen LogP contribution in [0.15, 0.2) is 57.6 Å². The monoisotopic (exact) mass is 483 g/mol. The van der Waals surface area contributed by atoms with Gasteiger partial charge in [-0.1, -0.05) is 50.6 Å². The van der Waals surface area contributed by atoms with Gasteiger partial charge in [-0.05, 0) is 105 Å². The molecular formula is C30H43F2N3. The van der Waals surface area contributed by atoms with Gasteiger partial charge >= 0.3 is 0 Å². The largest absolute Gasteiger partial charge is 0.317 e. The number of hydrogen-bond donors (Lipinski definition) is 1. The van der Waals surface area contributed by atoms with Gasteiger partial charge in [0.1, 0.15) is 5.84 Å². The lowest BCUT2D eigenvalue weighted by atomic mass is 9.83. The van der Waals surface area contributed by atoms with E-state index in [2.05, 4.69) is 47.3 Å². The summed E-state index contributed by atoms with van der Waals surface area (Å²) in [6.45, 7) is 12.1. The molecule has 2 rings (SSSR count). The lowest BCUT2D eigenvalue weighted by molar-refractivity contribution is 0.155. The van der Waals surface area contributed by atoms with Crippen molar-refractivity contribution in [3.05, 3.63) is 64.3 Å². The van der Waals surface area contributed by atoms with Crippen molar-refractivity contribution in [2.75, 3.05) is 20.1 Å². The van der Waals surface area contributed by atoms with Gasteiger partial charge in [0.05, 0.1) is 0 Å². The Bertz CT molecular complexity index is 977. The number of allylic oxidation sites excluding steroid dienone is 6. The molecule has 1 heterocycles. The maximum absolute atomic E-state index is 14.0. The van der Waals surface area contributed by atoms with Crippen molar-refractivity contribution in [3.8, 4) is 0 Å². The molecule has 0 amide bonds. The zero-order chi connectivity index (χ0) is 25.8. The van der Waals surface area contributed by atoms with Crippen LogP contribution in [0, 0.1) is 6.92 Å². The van der Waals surface area contributed by atoms with Gasteiger partial charge in [-0.15, -0.1) is 0 Å². The molecule has 1 aliphatic heterocycles. The molecule has 3 nitrogen and oxygen atoms in total. The number of alkyl halides is 2. The first-order chi connectivity index (χ1) is 16.8. The summed E-state index contributed by atoms with van der Waals surface area (Å²) in [7, 11) is 1.73. The number of piperidine rings is 1. The second-order valence-corrected chi connectivity index (χ2v) is 9.21. The average Bonchev–Trinajstić information content (AvgIpc) is 2.86. The zero-order valence-corrected chi connectivity index (χ0v) is 22.4. The van der Waals surface area contributed by atoms with Crippen LogP contribution in [0.3, 0.4) is 0 Å². The first kappa shape index (κ1) is 28.8. The minimum absolute atomic E-state index is 0.243. The summed E-state index contributed by atoms with van der Waals surface area (Å²) < 4.78 is 27.9. The standard InChI is InChI=1S/C30H43F2N3/c1-7-10-27(23(8-2)13-14-26(9-3)35-22(5)33-6)29(20-30(31)32)28-19-25(12-11-21(28)4)24-15-17-34-18-16-24/h8,11-14,19,24,30,34H,7,9-10,15-18,20H2,1-6H3/b14-13-,23-8+,29-27+,33-22?,35-26?. The molecule has 0 spiro atoms. The van der Waals surface area contributed by atoms with Gasteiger partial charge < -0.3 is 5.32 Å². The molecule has 1 fully saturated rings. The highest BCUT2D eigenvalue weighted by Crippen LogP contribution is 2.36. The predicted molar refractivity (Wildman–Crippen MR) is 148 cm³/mol. The Kier molecular flexibility index (Phi) is 12.3. The van der Waals surface area contributed by atoms with Gasteiger partial charge in [0, 0.05) is 19.2 Å². The van der Waals surface area contributed by atoms with E-state index in [0.29, 0.717) is 5.92 Å². The van der Waals surface area contributed by atoms with E-state index in [1.54, 1.807) is 7.05 Å². The number of benzene rings is 1. The van der Waals surface area contributed by atoms with E-state index >= 15 is 0 Å². The number of hydrogen-bond acceptors (Lipinski definition) is 2. The second kappa shape index (κ2) is 14.9. The molecule has 5 heteroatoms. The Hall–Kier alpha value is -2.40. The Morgan fingerprint density at radius 3 is 2.46 bits per heavy atom. The van der Waals surface area contributed by atoms with Crippen molar-refractivity contribution in [2.24, 2.45) is 9.98 Å². The quantitative estimate of drug-likeness (QED) is 0.204. The van der Waals surface area contributed by atoms with Gasteiger partial charge in [0.25, 0.3) is 0 Å². The topological polar surface area (TPSA) is 36.8 Å². The number of nitrogens with one attached hydrogen (secondary N) is 1. The third kappa shape index (κ3) is 8.64. The molecule has 1 aliphatic rings. The summed E-state index contributed by atoms with van der Waals surface area (Å²) >= 11 is 0. The zero-order valence-electron chi connectivity index (χ0n) is 22.4. The van der Waals surface area contributed by atoms with Crippen molar-refractivity contribution in [3.63, 3.8) is 0 Å². The molecule has 192 valence electrons. The SMILES string of the molecule is C/C=C(\C=C/C(CC)=NC(C)=NC)C(/CCC)=C(\CC(F)F)c1cc(C2CCNCC2)ccc1C. The summed E-state index contributed by atoms with van der Waals surface area (Å²) in [6, 6.07) is 6.49. The highest BCUT2D eigenvalue weighted by Gasteiger charge is 2.21. The van der Waals surface area contributed by atoms with Crippen LogP contribution in [-0.2, 0) is 0 Å². The summed E-state index contributed by atoms with van der Waals surface area (Å²) in [6.07, 6.45) is 7.99. The predicted octanol–water partition coefficient (Wildman–Crippen LogP) is 8.07. The van der Waals surface area contributed by atoms with Crippen LogP contribution in [0.5, 0.6) is 0 Å². The number of nitrogens with zero attached hydrogens (tertiary/aromatic N) is 2. The lowest BCUT2D eigenvalue weighted by Gasteiger charge is -2.25. The molecule has 1 aromatic rings. The van der Waals surface area contributed by atoms with Crippen molar-refractivity contribution in [2.45, 2.75) is 85.5 Å². The van der Waals surface area contributed by atoms with Crippen molar-refractivity contribution < 1.29 is 8.78 Å². The number of rotatable bonds is 10.